The molecule has 1 unspecified atom stereocenters. The largest absolute Gasteiger partial charge is 0.494 e. The van der Waals surface area contributed by atoms with E-state index in [1.54, 1.807) is 43.3 Å². The van der Waals surface area contributed by atoms with E-state index < -0.39 is 5.25 Å². The Morgan fingerprint density at radius 3 is 2.60 bits per heavy atom. The molecule has 30 heavy (non-hydrogen) atoms. The highest BCUT2D eigenvalue weighted by atomic mass is 32.2. The van der Waals surface area contributed by atoms with Crippen molar-refractivity contribution < 1.29 is 18.7 Å². The fraction of sp³-hybridized carbons (Fsp3) is 0.238. The molecular weight excluding hydrogens is 407 g/mol. The van der Waals surface area contributed by atoms with E-state index in [1.807, 2.05) is 6.92 Å². The Labute approximate surface area is 177 Å². The normalized spacial score (nSPS) is 18.1. The van der Waals surface area contributed by atoms with Crippen molar-refractivity contribution in [3.8, 4) is 5.75 Å². The molecule has 2 amide bonds. The topological polar surface area (TPSA) is 92.1 Å². The van der Waals surface area contributed by atoms with E-state index in [0.717, 1.165) is 11.8 Å². The molecule has 7 nitrogen and oxygen atoms in total. The van der Waals surface area contributed by atoms with Gasteiger partial charge >= 0.3 is 0 Å². The number of rotatable bonds is 6. The first-order valence-electron chi connectivity index (χ1n) is 9.33. The first kappa shape index (κ1) is 21.5. The minimum atomic E-state index is -0.634. The summed E-state index contributed by atoms with van der Waals surface area (Å²) in [5.41, 5.74) is 1.87. The molecular formula is C21H21FN4O3S. The second kappa shape index (κ2) is 10.0. The van der Waals surface area contributed by atoms with Crippen LogP contribution < -0.4 is 15.4 Å². The molecule has 1 atom stereocenters. The molecule has 2 aromatic carbocycles. The van der Waals surface area contributed by atoms with E-state index in [-0.39, 0.29) is 29.2 Å². The first-order chi connectivity index (χ1) is 14.4. The summed E-state index contributed by atoms with van der Waals surface area (Å²) in [6, 6.07) is 12.9. The van der Waals surface area contributed by atoms with Gasteiger partial charge in [-0.3, -0.25) is 9.59 Å². The van der Waals surface area contributed by atoms with E-state index in [2.05, 4.69) is 20.8 Å². The molecule has 3 rings (SSSR count). The van der Waals surface area contributed by atoms with Gasteiger partial charge in [0.05, 0.1) is 12.3 Å². The van der Waals surface area contributed by atoms with Crippen molar-refractivity contribution in [2.75, 3.05) is 11.9 Å². The highest BCUT2D eigenvalue weighted by Crippen LogP contribution is 2.23. The number of carbonyl (C=O) groups excluding carboxylic acids is 2. The van der Waals surface area contributed by atoms with Crippen LogP contribution in [0.5, 0.6) is 5.75 Å². The third kappa shape index (κ3) is 5.90. The molecule has 1 aliphatic rings. The Morgan fingerprint density at radius 1 is 1.23 bits per heavy atom. The van der Waals surface area contributed by atoms with Gasteiger partial charge in [0.2, 0.25) is 11.8 Å². The highest BCUT2D eigenvalue weighted by molar-refractivity contribution is 8.15. The maximum absolute atomic E-state index is 13.0. The fourth-order valence-electron chi connectivity index (χ4n) is 2.63. The van der Waals surface area contributed by atoms with Crippen LogP contribution in [0.15, 0.2) is 58.7 Å². The van der Waals surface area contributed by atoms with Gasteiger partial charge in [-0.25, -0.2) is 4.39 Å². The summed E-state index contributed by atoms with van der Waals surface area (Å²) in [5, 5.41) is 13.1. The van der Waals surface area contributed by atoms with Crippen LogP contribution in [0.1, 0.15) is 25.8 Å². The Bertz CT molecular complexity index is 975. The summed E-state index contributed by atoms with van der Waals surface area (Å²) in [6.07, 6.45) is 0.0349. The SMILES string of the molecule is CCOc1ccc(NC(=O)C2CC(=O)NC(=NN=C(C)c3ccc(F)cc3)S2)cc1. The van der Waals surface area contributed by atoms with E-state index in [1.165, 1.54) is 12.1 Å². The predicted molar refractivity (Wildman–Crippen MR) is 116 cm³/mol. The Balaban J connectivity index is 1.66. The number of amides is 2. The molecule has 1 saturated heterocycles. The lowest BCUT2D eigenvalue weighted by Gasteiger charge is -2.21. The van der Waals surface area contributed by atoms with Crippen molar-refractivity contribution in [3.05, 3.63) is 59.9 Å². The molecule has 1 aliphatic heterocycles. The number of hydrogen-bond acceptors (Lipinski definition) is 6. The molecule has 2 N–H and O–H groups in total. The van der Waals surface area contributed by atoms with E-state index >= 15 is 0 Å². The van der Waals surface area contributed by atoms with E-state index in [0.29, 0.717) is 29.3 Å². The Hall–Kier alpha value is -3.20. The van der Waals surface area contributed by atoms with Gasteiger partial charge in [-0.2, -0.15) is 5.10 Å². The first-order valence-corrected chi connectivity index (χ1v) is 10.2. The summed E-state index contributed by atoms with van der Waals surface area (Å²) >= 11 is 1.13. The lowest BCUT2D eigenvalue weighted by molar-refractivity contribution is -0.123. The lowest BCUT2D eigenvalue weighted by atomic mass is 10.1. The number of anilines is 1. The summed E-state index contributed by atoms with van der Waals surface area (Å²) in [5.74, 6) is -0.236. The van der Waals surface area contributed by atoms with Crippen LogP contribution in [0.2, 0.25) is 0 Å². The van der Waals surface area contributed by atoms with Crippen LogP contribution in [-0.4, -0.2) is 34.6 Å². The molecule has 1 fully saturated rings. The van der Waals surface area contributed by atoms with E-state index in [9.17, 15) is 14.0 Å². The second-order valence-electron chi connectivity index (χ2n) is 6.40. The lowest BCUT2D eigenvalue weighted by Crippen LogP contribution is -2.41. The van der Waals surface area contributed by atoms with Crippen LogP contribution in [0.25, 0.3) is 0 Å². The van der Waals surface area contributed by atoms with Gasteiger partial charge in [-0.05, 0) is 55.8 Å². The van der Waals surface area contributed by atoms with Gasteiger partial charge < -0.3 is 15.4 Å². The number of nitrogens with zero attached hydrogens (tertiary/aromatic N) is 2. The molecule has 0 aliphatic carbocycles. The van der Waals surface area contributed by atoms with Crippen molar-refractivity contribution in [1.29, 1.82) is 0 Å². The Kier molecular flexibility index (Phi) is 7.18. The number of hydrogen-bond donors (Lipinski definition) is 2. The molecule has 0 saturated carbocycles. The maximum atomic E-state index is 13.0. The zero-order valence-corrected chi connectivity index (χ0v) is 17.3. The predicted octanol–water partition coefficient (Wildman–Crippen LogP) is 3.56. The van der Waals surface area contributed by atoms with Crippen LogP contribution in [0.4, 0.5) is 10.1 Å². The number of benzene rings is 2. The van der Waals surface area contributed by atoms with Gasteiger partial charge in [0.15, 0.2) is 5.17 Å². The van der Waals surface area contributed by atoms with Crippen LogP contribution in [-0.2, 0) is 9.59 Å². The minimum absolute atomic E-state index is 0.0349. The number of thioether (sulfide) groups is 1. The monoisotopic (exact) mass is 428 g/mol. The molecule has 0 bridgehead atoms. The summed E-state index contributed by atoms with van der Waals surface area (Å²) in [6.45, 7) is 4.18. The zero-order valence-electron chi connectivity index (χ0n) is 16.5. The smallest absolute Gasteiger partial charge is 0.238 e. The van der Waals surface area contributed by atoms with Crippen molar-refractivity contribution in [1.82, 2.24) is 5.32 Å². The standard InChI is InChI=1S/C21H21FN4O3S/c1-3-29-17-10-8-16(9-11-17)23-20(28)18-12-19(27)24-21(30-18)26-25-13(2)14-4-6-15(22)7-5-14/h4-11,18H,3,12H2,1-2H3,(H,23,28)(H,24,26,27). The van der Waals surface area contributed by atoms with Crippen molar-refractivity contribution >= 4 is 40.1 Å². The number of carbonyl (C=O) groups is 2. The third-order valence-corrected chi connectivity index (χ3v) is 5.22. The number of halogens is 1. The fourth-order valence-corrected chi connectivity index (χ4v) is 3.56. The molecule has 2 aromatic rings. The highest BCUT2D eigenvalue weighted by Gasteiger charge is 2.30. The average molecular weight is 428 g/mol. The molecule has 0 spiro atoms. The molecule has 9 heteroatoms. The average Bonchev–Trinajstić information content (AvgIpc) is 2.74. The van der Waals surface area contributed by atoms with Crippen molar-refractivity contribution in [3.63, 3.8) is 0 Å². The van der Waals surface area contributed by atoms with Gasteiger partial charge in [0.25, 0.3) is 0 Å². The van der Waals surface area contributed by atoms with E-state index in [4.69, 9.17) is 4.74 Å². The summed E-state index contributed by atoms with van der Waals surface area (Å²) < 4.78 is 18.4. The zero-order chi connectivity index (χ0) is 21.5. The third-order valence-electron chi connectivity index (χ3n) is 4.15. The molecule has 0 aromatic heterocycles. The second-order valence-corrected chi connectivity index (χ2v) is 7.59. The van der Waals surface area contributed by atoms with Crippen molar-refractivity contribution in [2.45, 2.75) is 25.5 Å². The van der Waals surface area contributed by atoms with Crippen molar-refractivity contribution in [2.24, 2.45) is 10.2 Å². The van der Waals surface area contributed by atoms with Gasteiger partial charge in [-0.15, -0.1) is 5.10 Å². The number of amidine groups is 1. The Morgan fingerprint density at radius 2 is 1.93 bits per heavy atom. The van der Waals surface area contributed by atoms with Gasteiger partial charge in [0, 0.05) is 12.1 Å². The van der Waals surface area contributed by atoms with Crippen LogP contribution >= 0.6 is 11.8 Å². The summed E-state index contributed by atoms with van der Waals surface area (Å²) in [4.78, 5) is 24.6. The molecule has 0 radical (unpaired) electrons. The number of nitrogens with one attached hydrogen (secondary N) is 2. The summed E-state index contributed by atoms with van der Waals surface area (Å²) in [7, 11) is 0. The van der Waals surface area contributed by atoms with Gasteiger partial charge in [-0.1, -0.05) is 23.9 Å². The minimum Gasteiger partial charge on any atom is -0.494 e. The van der Waals surface area contributed by atoms with Crippen LogP contribution in [0, 0.1) is 5.82 Å². The molecule has 156 valence electrons. The maximum Gasteiger partial charge on any atom is 0.238 e. The quantitative estimate of drug-likeness (QED) is 0.544. The van der Waals surface area contributed by atoms with Gasteiger partial charge in [0.1, 0.15) is 16.8 Å². The van der Waals surface area contributed by atoms with Crippen LogP contribution in [0.3, 0.4) is 0 Å². The number of ether oxygens (including phenoxy) is 1. The molecule has 1 heterocycles.